The van der Waals surface area contributed by atoms with Crippen LogP contribution in [0, 0.1) is 5.92 Å². The summed E-state index contributed by atoms with van der Waals surface area (Å²) < 4.78 is 0. The number of unbranched alkanes of at least 4 members (excludes halogenated alkanes) is 8. The van der Waals surface area contributed by atoms with E-state index in [0.29, 0.717) is 5.92 Å². The molecule has 0 aromatic carbocycles. The van der Waals surface area contributed by atoms with Gasteiger partial charge >= 0.3 is 0 Å². The maximum Gasteiger partial charge on any atom is 0.145 e. The molecule has 0 aliphatic rings. The number of hydrogen-bond donors (Lipinski definition) is 0. The summed E-state index contributed by atoms with van der Waals surface area (Å²) in [6.07, 6.45) is 21.3. The summed E-state index contributed by atoms with van der Waals surface area (Å²) in [5.74, 6) is 0.509. The van der Waals surface area contributed by atoms with Crippen molar-refractivity contribution in [3.8, 4) is 0 Å². The molecule has 0 heterocycles. The monoisotopic (exact) mass is 306 g/mol. The van der Waals surface area contributed by atoms with Crippen LogP contribution in [0.25, 0.3) is 0 Å². The highest BCUT2D eigenvalue weighted by molar-refractivity contribution is 5.73. The van der Waals surface area contributed by atoms with E-state index in [1.807, 2.05) is 6.08 Å². The van der Waals surface area contributed by atoms with E-state index >= 15 is 0 Å². The van der Waals surface area contributed by atoms with Crippen molar-refractivity contribution in [2.45, 2.75) is 97.3 Å². The molecule has 0 amide bonds. The van der Waals surface area contributed by atoms with Gasteiger partial charge in [0.05, 0.1) is 0 Å². The number of carbonyl (C=O) groups is 1. The zero-order chi connectivity index (χ0) is 16.5. The van der Waals surface area contributed by atoms with Crippen LogP contribution in [0.1, 0.15) is 97.3 Å². The molecular formula is C21H38O. The molecule has 22 heavy (non-hydrogen) atoms. The zero-order valence-electron chi connectivity index (χ0n) is 15.1. The summed E-state index contributed by atoms with van der Waals surface area (Å²) in [6, 6.07) is 0. The lowest BCUT2D eigenvalue weighted by Crippen LogP contribution is -1.99. The van der Waals surface area contributed by atoms with Gasteiger partial charge in [-0.05, 0) is 37.2 Å². The fourth-order valence-corrected chi connectivity index (χ4v) is 2.91. The van der Waals surface area contributed by atoms with Gasteiger partial charge in [-0.1, -0.05) is 83.8 Å². The van der Waals surface area contributed by atoms with E-state index < -0.39 is 0 Å². The Hall–Kier alpha value is -0.850. The number of carbonyl (C=O) groups excluding carboxylic acids is 1. The number of rotatable bonds is 16. The fraction of sp³-hybridized carbons (Fsp3) is 0.762. The van der Waals surface area contributed by atoms with Crippen LogP contribution in [0.15, 0.2) is 24.3 Å². The summed E-state index contributed by atoms with van der Waals surface area (Å²) in [7, 11) is 0. The second-order valence-corrected chi connectivity index (χ2v) is 6.51. The topological polar surface area (TPSA) is 17.1 Å². The summed E-state index contributed by atoms with van der Waals surface area (Å²) in [4.78, 5) is 11.3. The molecule has 128 valence electrons. The molecule has 0 aliphatic heterocycles. The van der Waals surface area contributed by atoms with E-state index in [9.17, 15) is 4.79 Å². The molecule has 0 aromatic rings. The van der Waals surface area contributed by atoms with Crippen molar-refractivity contribution in [1.82, 2.24) is 0 Å². The summed E-state index contributed by atoms with van der Waals surface area (Å²) in [5, 5.41) is 0. The molecule has 0 saturated carbocycles. The Morgan fingerprint density at radius 1 is 0.909 bits per heavy atom. The first-order valence-corrected chi connectivity index (χ1v) is 9.55. The highest BCUT2D eigenvalue weighted by atomic mass is 16.1. The minimum Gasteiger partial charge on any atom is -0.298 e. The summed E-state index contributed by atoms with van der Waals surface area (Å²) in [6.45, 7) is 8.35. The Bertz CT molecular complexity index is 290. The molecule has 1 unspecified atom stereocenters. The van der Waals surface area contributed by atoms with Crippen molar-refractivity contribution in [2.24, 2.45) is 5.92 Å². The van der Waals surface area contributed by atoms with Crippen LogP contribution in [0.5, 0.6) is 0 Å². The first kappa shape index (κ1) is 21.1. The smallest absolute Gasteiger partial charge is 0.145 e. The Labute approximate surface area is 139 Å². The maximum atomic E-state index is 11.3. The zero-order valence-corrected chi connectivity index (χ0v) is 15.1. The lowest BCUT2D eigenvalue weighted by molar-refractivity contribution is -0.105. The van der Waals surface area contributed by atoms with Crippen molar-refractivity contribution in [3.63, 3.8) is 0 Å². The highest BCUT2D eigenvalue weighted by Gasteiger charge is 2.06. The molecule has 1 nitrogen and oxygen atoms in total. The van der Waals surface area contributed by atoms with Crippen LogP contribution in [0.3, 0.4) is 0 Å². The molecule has 1 heteroatoms. The molecule has 0 fully saturated rings. The largest absolute Gasteiger partial charge is 0.298 e. The number of allylic oxidation sites excluding steroid dienone is 3. The van der Waals surface area contributed by atoms with E-state index in [1.54, 1.807) is 0 Å². The minimum absolute atomic E-state index is 0.509. The normalized spacial score (nSPS) is 13.1. The third-order valence-electron chi connectivity index (χ3n) is 4.32. The van der Waals surface area contributed by atoms with Crippen LogP contribution in [0.2, 0.25) is 0 Å². The molecular weight excluding hydrogens is 268 g/mol. The van der Waals surface area contributed by atoms with Crippen LogP contribution < -0.4 is 0 Å². The van der Waals surface area contributed by atoms with Crippen molar-refractivity contribution < 1.29 is 4.79 Å². The Morgan fingerprint density at radius 3 is 2.05 bits per heavy atom. The van der Waals surface area contributed by atoms with Crippen molar-refractivity contribution in [1.29, 1.82) is 0 Å². The first-order valence-electron chi connectivity index (χ1n) is 9.55. The van der Waals surface area contributed by atoms with Gasteiger partial charge in [0.25, 0.3) is 0 Å². The van der Waals surface area contributed by atoms with Crippen LogP contribution >= 0.6 is 0 Å². The molecule has 0 N–H and O–H groups in total. The van der Waals surface area contributed by atoms with Crippen LogP contribution in [-0.4, -0.2) is 6.29 Å². The number of hydrogen-bond acceptors (Lipinski definition) is 1. The van der Waals surface area contributed by atoms with E-state index in [1.165, 1.54) is 64.2 Å². The fourth-order valence-electron chi connectivity index (χ4n) is 2.91. The Balaban J connectivity index is 4.13. The molecule has 0 spiro atoms. The SMILES string of the molecule is C=CCC(/C=C(/C=O)CCCCCCC)CCCCCCC. The predicted molar refractivity (Wildman–Crippen MR) is 99.2 cm³/mol. The van der Waals surface area contributed by atoms with E-state index in [2.05, 4.69) is 26.5 Å². The lowest BCUT2D eigenvalue weighted by atomic mass is 9.93. The van der Waals surface area contributed by atoms with Gasteiger partial charge in [0.2, 0.25) is 0 Å². The van der Waals surface area contributed by atoms with Gasteiger partial charge < -0.3 is 0 Å². The molecule has 1 atom stereocenters. The third kappa shape index (κ3) is 12.9. The average molecular weight is 307 g/mol. The van der Waals surface area contributed by atoms with Gasteiger partial charge in [0.1, 0.15) is 6.29 Å². The van der Waals surface area contributed by atoms with Crippen LogP contribution in [-0.2, 0) is 4.79 Å². The van der Waals surface area contributed by atoms with Gasteiger partial charge in [-0.3, -0.25) is 4.79 Å². The standard InChI is InChI=1S/C21H38O/c1-4-7-9-11-13-16-20(15-6-3)18-21(19-22)17-14-12-10-8-5-2/h6,18-20H,3-5,7-17H2,1-2H3/b21-18+. The van der Waals surface area contributed by atoms with E-state index in [-0.39, 0.29) is 0 Å². The second kappa shape index (κ2) is 16.5. The van der Waals surface area contributed by atoms with Gasteiger partial charge in [0, 0.05) is 0 Å². The quantitative estimate of drug-likeness (QED) is 0.129. The molecule has 0 saturated heterocycles. The summed E-state index contributed by atoms with van der Waals surface area (Å²) in [5.41, 5.74) is 1.01. The van der Waals surface area contributed by atoms with Crippen molar-refractivity contribution in [3.05, 3.63) is 24.3 Å². The Morgan fingerprint density at radius 2 is 1.50 bits per heavy atom. The minimum atomic E-state index is 0.509. The van der Waals surface area contributed by atoms with Gasteiger partial charge in [0.15, 0.2) is 0 Å². The van der Waals surface area contributed by atoms with Crippen molar-refractivity contribution >= 4 is 6.29 Å². The highest BCUT2D eigenvalue weighted by Crippen LogP contribution is 2.20. The van der Waals surface area contributed by atoms with Gasteiger partial charge in [-0.2, -0.15) is 0 Å². The molecule has 0 aliphatic carbocycles. The third-order valence-corrected chi connectivity index (χ3v) is 4.32. The summed E-state index contributed by atoms with van der Waals surface area (Å²) >= 11 is 0. The van der Waals surface area contributed by atoms with Crippen LogP contribution in [0.4, 0.5) is 0 Å². The van der Waals surface area contributed by atoms with E-state index in [4.69, 9.17) is 0 Å². The Kier molecular flexibility index (Phi) is 15.9. The molecule has 0 radical (unpaired) electrons. The van der Waals surface area contributed by atoms with Crippen molar-refractivity contribution in [2.75, 3.05) is 0 Å². The maximum absolute atomic E-state index is 11.3. The molecule has 0 aromatic heterocycles. The van der Waals surface area contributed by atoms with E-state index in [0.717, 1.165) is 31.1 Å². The predicted octanol–water partition coefficient (Wildman–Crippen LogP) is 7.03. The molecule has 0 rings (SSSR count). The van der Waals surface area contributed by atoms with Gasteiger partial charge in [-0.15, -0.1) is 6.58 Å². The molecule has 0 bridgehead atoms. The average Bonchev–Trinajstić information content (AvgIpc) is 2.53. The lowest BCUT2D eigenvalue weighted by Gasteiger charge is -2.12. The second-order valence-electron chi connectivity index (χ2n) is 6.51. The number of aldehydes is 1. The van der Waals surface area contributed by atoms with Gasteiger partial charge in [-0.25, -0.2) is 0 Å². The first-order chi connectivity index (χ1) is 10.8.